The summed E-state index contributed by atoms with van der Waals surface area (Å²) in [5.41, 5.74) is 0. The molecule has 2 aromatic rings. The first-order valence-electron chi connectivity index (χ1n) is 7.12. The highest BCUT2D eigenvalue weighted by Gasteiger charge is 2.34. The molecule has 0 radical (unpaired) electrons. The summed E-state index contributed by atoms with van der Waals surface area (Å²) in [7, 11) is 0. The van der Waals surface area contributed by atoms with Gasteiger partial charge < -0.3 is 10.2 Å². The molecular weight excluding hydrogens is 256 g/mol. The van der Waals surface area contributed by atoms with E-state index in [1.165, 1.54) is 37.6 Å². The van der Waals surface area contributed by atoms with Crippen LogP contribution in [-0.2, 0) is 0 Å². The number of fused-ring (bicyclic) bond motifs is 1. The average Bonchev–Trinajstić information content (AvgIpc) is 3.18. The Morgan fingerprint density at radius 1 is 1.26 bits per heavy atom. The fraction of sp³-hybridized carbons (Fsp3) is 0.571. The Hall–Kier alpha value is -1.20. The van der Waals surface area contributed by atoms with Gasteiger partial charge in [-0.25, -0.2) is 9.97 Å². The maximum absolute atomic E-state index is 4.58. The van der Waals surface area contributed by atoms with Crippen LogP contribution in [0.15, 0.2) is 17.8 Å². The fourth-order valence-corrected chi connectivity index (χ4v) is 4.25. The first kappa shape index (κ1) is 11.6. The minimum atomic E-state index is 0.612. The Morgan fingerprint density at radius 3 is 3.16 bits per heavy atom. The maximum atomic E-state index is 4.58. The molecule has 0 bridgehead atoms. The van der Waals surface area contributed by atoms with Crippen LogP contribution in [0.4, 0.5) is 5.82 Å². The van der Waals surface area contributed by atoms with E-state index in [0.29, 0.717) is 12.1 Å². The summed E-state index contributed by atoms with van der Waals surface area (Å²) in [6, 6.07) is 3.42. The van der Waals surface area contributed by atoms with Crippen molar-refractivity contribution < 1.29 is 0 Å². The lowest BCUT2D eigenvalue weighted by atomic mass is 10.0. The number of rotatable bonds is 2. The van der Waals surface area contributed by atoms with Gasteiger partial charge in [-0.2, -0.15) is 0 Å². The van der Waals surface area contributed by atoms with Gasteiger partial charge in [-0.15, -0.1) is 11.3 Å². The molecule has 2 aliphatic rings. The third-order valence-corrected chi connectivity index (χ3v) is 5.20. The monoisotopic (exact) mass is 274 g/mol. The second-order valence-electron chi connectivity index (χ2n) is 5.44. The zero-order valence-electron chi connectivity index (χ0n) is 10.9. The van der Waals surface area contributed by atoms with Crippen molar-refractivity contribution in [1.82, 2.24) is 15.3 Å². The molecule has 2 unspecified atom stereocenters. The van der Waals surface area contributed by atoms with Crippen LogP contribution in [0.1, 0.15) is 25.7 Å². The van der Waals surface area contributed by atoms with Gasteiger partial charge in [0.2, 0.25) is 0 Å². The fourth-order valence-electron chi connectivity index (χ4n) is 3.52. The van der Waals surface area contributed by atoms with Crippen molar-refractivity contribution in [2.45, 2.75) is 37.8 Å². The van der Waals surface area contributed by atoms with E-state index in [2.05, 4.69) is 31.6 Å². The summed E-state index contributed by atoms with van der Waals surface area (Å²) in [5, 5.41) is 6.99. The summed E-state index contributed by atoms with van der Waals surface area (Å²) >= 11 is 1.70. The molecule has 1 N–H and O–H groups in total. The smallest absolute Gasteiger partial charge is 0.141 e. The molecule has 0 spiro atoms. The number of thiophene rings is 1. The molecule has 100 valence electrons. The summed E-state index contributed by atoms with van der Waals surface area (Å²) in [4.78, 5) is 12.6. The van der Waals surface area contributed by atoms with Gasteiger partial charge in [0.15, 0.2) is 0 Å². The molecule has 4 heterocycles. The largest absolute Gasteiger partial charge is 0.351 e. The second-order valence-corrected chi connectivity index (χ2v) is 6.34. The molecule has 19 heavy (non-hydrogen) atoms. The Balaban J connectivity index is 1.72. The molecule has 4 nitrogen and oxygen atoms in total. The van der Waals surface area contributed by atoms with Crippen molar-refractivity contribution >= 4 is 27.4 Å². The minimum Gasteiger partial charge on any atom is -0.351 e. The molecule has 2 aromatic heterocycles. The minimum absolute atomic E-state index is 0.612. The van der Waals surface area contributed by atoms with Crippen molar-refractivity contribution in [1.29, 1.82) is 0 Å². The second kappa shape index (κ2) is 4.72. The van der Waals surface area contributed by atoms with Crippen LogP contribution in [0.25, 0.3) is 10.2 Å². The summed E-state index contributed by atoms with van der Waals surface area (Å²) in [6.07, 6.45) is 6.89. The van der Waals surface area contributed by atoms with Gasteiger partial charge in [0, 0.05) is 18.6 Å². The Morgan fingerprint density at radius 2 is 2.26 bits per heavy atom. The topological polar surface area (TPSA) is 41.1 Å². The van der Waals surface area contributed by atoms with Crippen LogP contribution in [0.5, 0.6) is 0 Å². The zero-order chi connectivity index (χ0) is 12.7. The lowest BCUT2D eigenvalue weighted by Gasteiger charge is -2.30. The van der Waals surface area contributed by atoms with Crippen LogP contribution in [0, 0.1) is 0 Å². The third kappa shape index (κ3) is 1.92. The van der Waals surface area contributed by atoms with Gasteiger partial charge in [0.25, 0.3) is 0 Å². The highest BCUT2D eigenvalue weighted by Crippen LogP contribution is 2.33. The standard InChI is InChI=1S/C14H18N4S/c1-3-11(15-6-1)12-4-2-7-18(12)13-10-5-8-19-14(10)17-9-16-13/h5,8-9,11-12,15H,1-4,6-7H2. The van der Waals surface area contributed by atoms with E-state index in [9.17, 15) is 0 Å². The molecule has 2 saturated heterocycles. The van der Waals surface area contributed by atoms with Gasteiger partial charge in [0.05, 0.1) is 5.39 Å². The van der Waals surface area contributed by atoms with Crippen molar-refractivity contribution in [2.75, 3.05) is 18.0 Å². The molecule has 5 heteroatoms. The van der Waals surface area contributed by atoms with Crippen LogP contribution >= 0.6 is 11.3 Å². The number of hydrogen-bond acceptors (Lipinski definition) is 5. The van der Waals surface area contributed by atoms with Gasteiger partial charge in [-0.05, 0) is 43.7 Å². The number of hydrogen-bond donors (Lipinski definition) is 1. The SMILES string of the molecule is c1nc(N2CCCC2C2CCCN2)c2ccsc2n1. The predicted molar refractivity (Wildman–Crippen MR) is 78.8 cm³/mol. The molecule has 0 saturated carbocycles. The number of nitrogens with zero attached hydrogens (tertiary/aromatic N) is 3. The van der Waals surface area contributed by atoms with Crippen LogP contribution in [-0.4, -0.2) is 35.1 Å². The molecule has 2 aliphatic heterocycles. The van der Waals surface area contributed by atoms with Gasteiger partial charge in [-0.1, -0.05) is 0 Å². The third-order valence-electron chi connectivity index (χ3n) is 4.37. The number of aromatic nitrogens is 2. The summed E-state index contributed by atoms with van der Waals surface area (Å²) in [5.74, 6) is 1.14. The summed E-state index contributed by atoms with van der Waals surface area (Å²) < 4.78 is 0. The van der Waals surface area contributed by atoms with Crippen LogP contribution in [0.3, 0.4) is 0 Å². The maximum Gasteiger partial charge on any atom is 0.141 e. The molecule has 2 fully saturated rings. The molecule has 0 aliphatic carbocycles. The Kier molecular flexibility index (Phi) is 2.89. The highest BCUT2D eigenvalue weighted by molar-refractivity contribution is 7.16. The molecular formula is C14H18N4S. The molecule has 2 atom stereocenters. The van der Waals surface area contributed by atoms with E-state index < -0.39 is 0 Å². The zero-order valence-corrected chi connectivity index (χ0v) is 11.7. The quantitative estimate of drug-likeness (QED) is 0.913. The lowest BCUT2D eigenvalue weighted by Crippen LogP contribution is -2.44. The average molecular weight is 274 g/mol. The van der Waals surface area contributed by atoms with Gasteiger partial charge in [0.1, 0.15) is 17.0 Å². The Labute approximate surface area is 116 Å². The first-order chi connectivity index (χ1) is 9.43. The van der Waals surface area contributed by atoms with E-state index >= 15 is 0 Å². The van der Waals surface area contributed by atoms with Crippen molar-refractivity contribution in [3.8, 4) is 0 Å². The van der Waals surface area contributed by atoms with Crippen molar-refractivity contribution in [3.05, 3.63) is 17.8 Å². The van der Waals surface area contributed by atoms with Gasteiger partial charge in [-0.3, -0.25) is 0 Å². The van der Waals surface area contributed by atoms with E-state index in [1.807, 2.05) is 0 Å². The first-order valence-corrected chi connectivity index (χ1v) is 8.00. The van der Waals surface area contributed by atoms with Gasteiger partial charge >= 0.3 is 0 Å². The van der Waals surface area contributed by atoms with Crippen LogP contribution < -0.4 is 10.2 Å². The molecule has 0 amide bonds. The highest BCUT2D eigenvalue weighted by atomic mass is 32.1. The van der Waals surface area contributed by atoms with E-state index in [0.717, 1.165) is 17.2 Å². The predicted octanol–water partition coefficient (Wildman–Crippen LogP) is 2.41. The van der Waals surface area contributed by atoms with E-state index in [-0.39, 0.29) is 0 Å². The molecule has 4 rings (SSSR count). The molecule has 0 aromatic carbocycles. The lowest BCUT2D eigenvalue weighted by molar-refractivity contribution is 0.481. The van der Waals surface area contributed by atoms with E-state index in [4.69, 9.17) is 0 Å². The van der Waals surface area contributed by atoms with Crippen LogP contribution in [0.2, 0.25) is 0 Å². The van der Waals surface area contributed by atoms with Crippen molar-refractivity contribution in [2.24, 2.45) is 0 Å². The summed E-state index contributed by atoms with van der Waals surface area (Å²) in [6.45, 7) is 2.30. The Bertz CT molecular complexity index is 576. The van der Waals surface area contributed by atoms with E-state index in [1.54, 1.807) is 17.7 Å². The number of anilines is 1. The normalized spacial score (nSPS) is 27.5. The van der Waals surface area contributed by atoms with Crippen molar-refractivity contribution in [3.63, 3.8) is 0 Å². The number of nitrogens with one attached hydrogen (secondary N) is 1.